The smallest absolute Gasteiger partial charge is 0.340 e. The summed E-state index contributed by atoms with van der Waals surface area (Å²) in [5, 5.41) is 0. The summed E-state index contributed by atoms with van der Waals surface area (Å²) in [4.78, 5) is 13.6. The van der Waals surface area contributed by atoms with Crippen molar-refractivity contribution < 1.29 is 9.63 Å². The van der Waals surface area contributed by atoms with Crippen molar-refractivity contribution in [1.82, 2.24) is 5.48 Å². The average Bonchev–Trinajstić information content (AvgIpc) is 1.99. The maximum absolute atomic E-state index is 9.52. The molecular formula is C7H13NO2. The summed E-state index contributed by atoms with van der Waals surface area (Å²) in [5.74, 6) is 0.536. The van der Waals surface area contributed by atoms with E-state index in [4.69, 9.17) is 0 Å². The highest BCUT2D eigenvalue weighted by atomic mass is 16.7. The van der Waals surface area contributed by atoms with Crippen LogP contribution < -0.4 is 5.48 Å². The number of hydroxylamine groups is 1. The third kappa shape index (κ3) is 4.32. The molecular weight excluding hydrogens is 130 g/mol. The first kappa shape index (κ1) is 9.43. The van der Waals surface area contributed by atoms with Crippen LogP contribution in [-0.4, -0.2) is 13.0 Å². The molecule has 3 heteroatoms. The Labute approximate surface area is 61.7 Å². The summed E-state index contributed by atoms with van der Waals surface area (Å²) < 4.78 is 0. The van der Waals surface area contributed by atoms with Crippen molar-refractivity contribution in [1.29, 1.82) is 0 Å². The Morgan fingerprint density at radius 1 is 1.50 bits per heavy atom. The lowest BCUT2D eigenvalue weighted by molar-refractivity contribution is 0.141. The second-order valence-electron chi connectivity index (χ2n) is 2.17. The predicted molar refractivity (Wildman–Crippen MR) is 37.9 cm³/mol. The molecule has 0 rings (SSSR count). The molecule has 0 aromatic carbocycles. The fraction of sp³-hybridized carbons (Fsp3) is 0.857. The molecule has 58 valence electrons. The van der Waals surface area contributed by atoms with E-state index in [2.05, 4.69) is 24.2 Å². The molecule has 0 aliphatic heterocycles. The fourth-order valence-corrected chi connectivity index (χ4v) is 0.716. The van der Waals surface area contributed by atoms with Gasteiger partial charge in [0.15, 0.2) is 0 Å². The summed E-state index contributed by atoms with van der Waals surface area (Å²) in [6.45, 7) is 6.04. The molecule has 0 aliphatic carbocycles. The predicted octanol–water partition coefficient (Wildman–Crippen LogP) is 1.03. The number of nitrogens with zero attached hydrogens (tertiary/aromatic N) is 1. The highest BCUT2D eigenvalue weighted by Crippen LogP contribution is 2.05. The molecule has 0 spiro atoms. The summed E-state index contributed by atoms with van der Waals surface area (Å²) in [6.07, 6.45) is 2.14. The Hall–Kier alpha value is -0.570. The number of rotatable bonds is 6. The first-order valence-corrected chi connectivity index (χ1v) is 3.55. The lowest BCUT2D eigenvalue weighted by Gasteiger charge is -2.08. The second-order valence-corrected chi connectivity index (χ2v) is 2.17. The van der Waals surface area contributed by atoms with E-state index < -0.39 is 0 Å². The molecule has 0 N–H and O–H groups in total. The summed E-state index contributed by atoms with van der Waals surface area (Å²) >= 11 is 0. The van der Waals surface area contributed by atoms with E-state index in [1.165, 1.54) is 6.47 Å². The monoisotopic (exact) mass is 143 g/mol. The van der Waals surface area contributed by atoms with E-state index in [0.717, 1.165) is 12.8 Å². The quantitative estimate of drug-likeness (QED) is 0.411. The Kier molecular flexibility index (Phi) is 6.18. The molecule has 0 aromatic heterocycles. The molecule has 0 fully saturated rings. The molecule has 0 saturated carbocycles. The molecule has 2 radical (unpaired) electrons. The molecule has 0 unspecified atom stereocenters. The maximum Gasteiger partial charge on any atom is 0.439 e. The van der Waals surface area contributed by atoms with E-state index in [1.807, 2.05) is 0 Å². The highest BCUT2D eigenvalue weighted by Gasteiger charge is 2.02. The van der Waals surface area contributed by atoms with Gasteiger partial charge in [0.25, 0.3) is 0 Å². The van der Waals surface area contributed by atoms with E-state index in [-0.39, 0.29) is 0 Å². The average molecular weight is 143 g/mol. The maximum atomic E-state index is 9.52. The van der Waals surface area contributed by atoms with Gasteiger partial charge in [-0.3, -0.25) is 0 Å². The number of carbonyl (C=O) groups excluding carboxylic acids is 1. The minimum atomic E-state index is 0.536. The van der Waals surface area contributed by atoms with Crippen molar-refractivity contribution in [3.05, 3.63) is 0 Å². The van der Waals surface area contributed by atoms with Crippen molar-refractivity contribution >= 4 is 6.47 Å². The van der Waals surface area contributed by atoms with Gasteiger partial charge in [-0.05, 0) is 11.4 Å². The molecule has 0 atom stereocenters. The minimum Gasteiger partial charge on any atom is -0.340 e. The van der Waals surface area contributed by atoms with E-state index >= 15 is 0 Å². The Morgan fingerprint density at radius 3 is 2.50 bits per heavy atom. The normalized spacial score (nSPS) is 9.90. The van der Waals surface area contributed by atoms with Gasteiger partial charge < -0.3 is 4.84 Å². The zero-order valence-electron chi connectivity index (χ0n) is 6.46. The van der Waals surface area contributed by atoms with Crippen LogP contribution in [0.2, 0.25) is 0 Å². The molecule has 0 amide bonds. The van der Waals surface area contributed by atoms with Gasteiger partial charge in [0, 0.05) is 0 Å². The standard InChI is InChI=1S/C7H13NO2/c1-3-7(4-2)5-8-10-6-9/h7H,3-5H2,1-2H3. The topological polar surface area (TPSA) is 40.4 Å². The lowest BCUT2D eigenvalue weighted by Crippen LogP contribution is -2.15. The Bertz CT molecular complexity index is 81.7. The van der Waals surface area contributed by atoms with Crippen LogP contribution in [0.15, 0.2) is 0 Å². The van der Waals surface area contributed by atoms with Gasteiger partial charge in [0.05, 0.1) is 6.54 Å². The molecule has 0 heterocycles. The van der Waals surface area contributed by atoms with E-state index in [9.17, 15) is 4.79 Å². The van der Waals surface area contributed by atoms with Gasteiger partial charge in [0.2, 0.25) is 0 Å². The number of hydrogen-bond acceptors (Lipinski definition) is 2. The van der Waals surface area contributed by atoms with Crippen LogP contribution in [0.3, 0.4) is 0 Å². The van der Waals surface area contributed by atoms with Crippen molar-refractivity contribution in [2.24, 2.45) is 5.92 Å². The van der Waals surface area contributed by atoms with Gasteiger partial charge in [0.1, 0.15) is 0 Å². The number of hydrogen-bond donors (Lipinski definition) is 0. The summed E-state index contributed by atoms with van der Waals surface area (Å²) in [7, 11) is 0. The fourth-order valence-electron chi connectivity index (χ4n) is 0.716. The van der Waals surface area contributed by atoms with Gasteiger partial charge in [-0.25, -0.2) is 4.79 Å². The first-order valence-electron chi connectivity index (χ1n) is 3.55. The molecule has 0 aromatic rings. The third-order valence-corrected chi connectivity index (χ3v) is 1.59. The first-order chi connectivity index (χ1) is 4.85. The van der Waals surface area contributed by atoms with Crippen LogP contribution in [0, 0.1) is 5.92 Å². The van der Waals surface area contributed by atoms with Crippen LogP contribution in [0.1, 0.15) is 26.7 Å². The molecule has 3 nitrogen and oxygen atoms in total. The molecule has 0 bridgehead atoms. The van der Waals surface area contributed by atoms with Crippen LogP contribution >= 0.6 is 0 Å². The summed E-state index contributed by atoms with van der Waals surface area (Å²) in [6, 6.07) is 0. The van der Waals surface area contributed by atoms with Gasteiger partial charge in [-0.1, -0.05) is 26.7 Å². The molecule has 0 aliphatic rings. The zero-order valence-corrected chi connectivity index (χ0v) is 6.46. The SMILES string of the molecule is CCC(CC)C[N]O[C]=O. The summed E-state index contributed by atoms with van der Waals surface area (Å²) in [5.41, 5.74) is 3.51. The van der Waals surface area contributed by atoms with E-state index in [0.29, 0.717) is 12.5 Å². The zero-order chi connectivity index (χ0) is 7.82. The highest BCUT2D eigenvalue weighted by molar-refractivity contribution is 5.37. The van der Waals surface area contributed by atoms with Crippen LogP contribution in [0.25, 0.3) is 0 Å². The van der Waals surface area contributed by atoms with Crippen molar-refractivity contribution in [2.45, 2.75) is 26.7 Å². The van der Waals surface area contributed by atoms with Crippen LogP contribution in [-0.2, 0) is 9.63 Å². The van der Waals surface area contributed by atoms with Crippen molar-refractivity contribution in [3.8, 4) is 0 Å². The van der Waals surface area contributed by atoms with Crippen molar-refractivity contribution in [3.63, 3.8) is 0 Å². The Balaban J connectivity index is 3.16. The molecule has 0 saturated heterocycles. The van der Waals surface area contributed by atoms with Gasteiger partial charge in [-0.2, -0.15) is 0 Å². The third-order valence-electron chi connectivity index (χ3n) is 1.59. The van der Waals surface area contributed by atoms with Crippen molar-refractivity contribution in [2.75, 3.05) is 6.54 Å². The van der Waals surface area contributed by atoms with Crippen LogP contribution in [0.5, 0.6) is 0 Å². The minimum absolute atomic E-state index is 0.536. The second kappa shape index (κ2) is 6.55. The van der Waals surface area contributed by atoms with E-state index in [1.54, 1.807) is 0 Å². The Morgan fingerprint density at radius 2 is 2.10 bits per heavy atom. The largest absolute Gasteiger partial charge is 0.439 e. The lowest BCUT2D eigenvalue weighted by atomic mass is 10.0. The van der Waals surface area contributed by atoms with Gasteiger partial charge >= 0.3 is 6.47 Å². The molecule has 10 heavy (non-hydrogen) atoms. The van der Waals surface area contributed by atoms with Crippen LogP contribution in [0.4, 0.5) is 0 Å². The van der Waals surface area contributed by atoms with Gasteiger partial charge in [-0.15, -0.1) is 0 Å².